The third-order valence-electron chi connectivity index (χ3n) is 3.55. The number of amides is 1. The molecule has 1 rings (SSSR count). The summed E-state index contributed by atoms with van der Waals surface area (Å²) in [7, 11) is 0. The van der Waals surface area contributed by atoms with Crippen LogP contribution in [0.25, 0.3) is 0 Å². The highest BCUT2D eigenvalue weighted by atomic mass is 127. The second kappa shape index (κ2) is 10.8. The predicted molar refractivity (Wildman–Crippen MR) is 110 cm³/mol. The van der Waals surface area contributed by atoms with Gasteiger partial charge in [-0.15, -0.1) is 24.0 Å². The molecule has 0 aromatic rings. The van der Waals surface area contributed by atoms with E-state index in [0.29, 0.717) is 18.4 Å². The summed E-state index contributed by atoms with van der Waals surface area (Å²) >= 11 is 0. The number of piperidine rings is 1. The van der Waals surface area contributed by atoms with Crippen molar-refractivity contribution in [1.29, 1.82) is 0 Å². The van der Waals surface area contributed by atoms with Gasteiger partial charge in [0.05, 0.1) is 6.54 Å². The van der Waals surface area contributed by atoms with Gasteiger partial charge in [-0.05, 0) is 52.9 Å². The Labute approximate surface area is 163 Å². The average molecular weight is 452 g/mol. The molecule has 3 N–H and O–H groups in total. The van der Waals surface area contributed by atoms with Crippen LogP contribution in [0.15, 0.2) is 17.1 Å². The molecule has 0 aromatic carbocycles. The van der Waals surface area contributed by atoms with Gasteiger partial charge < -0.3 is 20.7 Å². The molecule has 1 amide bonds. The molecular weight excluding hydrogens is 419 g/mol. The first kappa shape index (κ1) is 23.0. The first-order chi connectivity index (χ1) is 10.7. The lowest BCUT2D eigenvalue weighted by Crippen LogP contribution is -2.43. The minimum Gasteiger partial charge on any atom is -0.444 e. The maximum Gasteiger partial charge on any atom is 0.410 e. The normalized spacial score (nSPS) is 18.6. The first-order valence-corrected chi connectivity index (χ1v) is 8.33. The Morgan fingerprint density at radius 1 is 1.46 bits per heavy atom. The van der Waals surface area contributed by atoms with Crippen LogP contribution in [-0.2, 0) is 4.74 Å². The van der Waals surface area contributed by atoms with Crippen LogP contribution in [0, 0.1) is 5.92 Å². The molecule has 1 unspecified atom stereocenters. The van der Waals surface area contributed by atoms with Crippen LogP contribution >= 0.6 is 24.0 Å². The molecule has 0 bridgehead atoms. The summed E-state index contributed by atoms with van der Waals surface area (Å²) in [5.74, 6) is 0.922. The number of rotatable bonds is 5. The Morgan fingerprint density at radius 2 is 2.12 bits per heavy atom. The Bertz CT molecular complexity index is 446. The van der Waals surface area contributed by atoms with Gasteiger partial charge in [0.1, 0.15) is 5.60 Å². The third kappa shape index (κ3) is 10.00. The molecule has 24 heavy (non-hydrogen) atoms. The van der Waals surface area contributed by atoms with Crippen molar-refractivity contribution >= 4 is 36.0 Å². The fraction of sp³-hybridized carbons (Fsp3) is 0.765. The zero-order chi connectivity index (χ0) is 17.5. The summed E-state index contributed by atoms with van der Waals surface area (Å²) in [5, 5.41) is 3.12. The van der Waals surface area contributed by atoms with Gasteiger partial charge in [-0.2, -0.15) is 0 Å². The number of hydrogen-bond acceptors (Lipinski definition) is 3. The molecule has 0 aromatic heterocycles. The van der Waals surface area contributed by atoms with Gasteiger partial charge in [-0.1, -0.05) is 12.2 Å². The Balaban J connectivity index is 0.00000529. The molecule has 0 saturated carbocycles. The highest BCUT2D eigenvalue weighted by molar-refractivity contribution is 14.0. The van der Waals surface area contributed by atoms with Crippen LogP contribution < -0.4 is 11.1 Å². The fourth-order valence-corrected chi connectivity index (χ4v) is 2.47. The van der Waals surface area contributed by atoms with Crippen LogP contribution in [0.1, 0.15) is 47.0 Å². The Morgan fingerprint density at radius 3 is 2.71 bits per heavy atom. The lowest BCUT2D eigenvalue weighted by Gasteiger charge is -2.34. The summed E-state index contributed by atoms with van der Waals surface area (Å²) in [6.07, 6.45) is 2.90. The van der Waals surface area contributed by atoms with Crippen molar-refractivity contribution in [2.75, 3.05) is 26.2 Å². The largest absolute Gasteiger partial charge is 0.444 e. The van der Waals surface area contributed by atoms with E-state index in [4.69, 9.17) is 10.5 Å². The smallest absolute Gasteiger partial charge is 0.410 e. The number of hydrogen-bond donors (Lipinski definition) is 2. The van der Waals surface area contributed by atoms with Crippen molar-refractivity contribution in [3.63, 3.8) is 0 Å². The van der Waals surface area contributed by atoms with Crippen molar-refractivity contribution in [2.24, 2.45) is 16.6 Å². The van der Waals surface area contributed by atoms with Gasteiger partial charge in [0.25, 0.3) is 0 Å². The highest BCUT2D eigenvalue weighted by Crippen LogP contribution is 2.21. The molecule has 1 heterocycles. The number of nitrogens with two attached hydrogens (primary N) is 1. The quantitative estimate of drug-likeness (QED) is 0.291. The van der Waals surface area contributed by atoms with Crippen LogP contribution in [-0.4, -0.2) is 48.7 Å². The summed E-state index contributed by atoms with van der Waals surface area (Å²) in [5.41, 5.74) is 6.33. The van der Waals surface area contributed by atoms with Gasteiger partial charge in [0.15, 0.2) is 5.96 Å². The number of aliphatic imine (C=N–C) groups is 1. The molecule has 1 aliphatic rings. The second-order valence-electron chi connectivity index (χ2n) is 7.31. The fourth-order valence-electron chi connectivity index (χ4n) is 2.47. The molecule has 1 atom stereocenters. The molecule has 1 aliphatic heterocycles. The maximum absolute atomic E-state index is 12.1. The third-order valence-corrected chi connectivity index (χ3v) is 3.55. The molecule has 0 spiro atoms. The summed E-state index contributed by atoms with van der Waals surface area (Å²) in [6, 6.07) is 0. The van der Waals surface area contributed by atoms with E-state index in [-0.39, 0.29) is 30.1 Å². The standard InChI is InChI=1S/C17H32N4O2.HI/c1-13(2)11-20-15(18)19-9-8-14-7-6-10-21(12-14)16(22)23-17(3,4)5;/h14H,1,6-12H2,2-5H3,(H3,18,19,20);1H. The van der Waals surface area contributed by atoms with E-state index in [9.17, 15) is 4.79 Å². The topological polar surface area (TPSA) is 80.0 Å². The second-order valence-corrected chi connectivity index (χ2v) is 7.31. The number of nitrogens with zero attached hydrogens (tertiary/aromatic N) is 2. The number of likely N-dealkylation sites (tertiary alicyclic amines) is 1. The van der Waals surface area contributed by atoms with Crippen molar-refractivity contribution in [2.45, 2.75) is 52.6 Å². The first-order valence-electron chi connectivity index (χ1n) is 8.33. The van der Waals surface area contributed by atoms with Gasteiger partial charge in [0, 0.05) is 19.6 Å². The van der Waals surface area contributed by atoms with Crippen molar-refractivity contribution in [3.05, 3.63) is 12.2 Å². The van der Waals surface area contributed by atoms with Crippen molar-refractivity contribution in [3.8, 4) is 0 Å². The van der Waals surface area contributed by atoms with Crippen molar-refractivity contribution in [1.82, 2.24) is 10.2 Å². The van der Waals surface area contributed by atoms with E-state index in [0.717, 1.165) is 44.5 Å². The molecule has 0 radical (unpaired) electrons. The molecule has 0 aliphatic carbocycles. The summed E-state index contributed by atoms with van der Waals surface area (Å²) in [4.78, 5) is 18.1. The van der Waals surface area contributed by atoms with Gasteiger partial charge in [0.2, 0.25) is 0 Å². The number of nitrogens with one attached hydrogen (secondary N) is 1. The lowest BCUT2D eigenvalue weighted by atomic mass is 9.95. The SMILES string of the molecule is C=C(C)CN=C(N)NCCC1CCCN(C(=O)OC(C)(C)C)C1.I. The number of carbonyl (C=O) groups is 1. The van der Waals surface area contributed by atoms with E-state index in [1.165, 1.54) is 0 Å². The molecule has 1 fully saturated rings. The molecule has 140 valence electrons. The highest BCUT2D eigenvalue weighted by Gasteiger charge is 2.27. The molecule has 7 heteroatoms. The monoisotopic (exact) mass is 452 g/mol. The lowest BCUT2D eigenvalue weighted by molar-refractivity contribution is 0.0162. The van der Waals surface area contributed by atoms with Gasteiger partial charge in [-0.3, -0.25) is 0 Å². The predicted octanol–water partition coefficient (Wildman–Crippen LogP) is 3.12. The van der Waals surface area contributed by atoms with E-state index in [2.05, 4.69) is 16.9 Å². The van der Waals surface area contributed by atoms with E-state index in [1.54, 1.807) is 0 Å². The zero-order valence-electron chi connectivity index (χ0n) is 15.4. The van der Waals surface area contributed by atoms with Gasteiger partial charge in [-0.25, -0.2) is 9.79 Å². The molecular formula is C17H33IN4O2. The zero-order valence-corrected chi connectivity index (χ0v) is 17.8. The number of guanidine groups is 1. The van der Waals surface area contributed by atoms with E-state index >= 15 is 0 Å². The molecule has 6 nitrogen and oxygen atoms in total. The maximum atomic E-state index is 12.1. The van der Waals surface area contributed by atoms with Crippen molar-refractivity contribution < 1.29 is 9.53 Å². The summed E-state index contributed by atoms with van der Waals surface area (Å²) < 4.78 is 5.45. The number of ether oxygens (including phenoxy) is 1. The minimum absolute atomic E-state index is 0. The van der Waals surface area contributed by atoms with Crippen LogP contribution in [0.3, 0.4) is 0 Å². The van der Waals surface area contributed by atoms with Crippen LogP contribution in [0.5, 0.6) is 0 Å². The van der Waals surface area contributed by atoms with Crippen LogP contribution in [0.4, 0.5) is 4.79 Å². The summed E-state index contributed by atoms with van der Waals surface area (Å²) in [6.45, 7) is 14.2. The van der Waals surface area contributed by atoms with Crippen LogP contribution in [0.2, 0.25) is 0 Å². The van der Waals surface area contributed by atoms with E-state index < -0.39 is 5.60 Å². The number of halogens is 1. The van der Waals surface area contributed by atoms with Gasteiger partial charge >= 0.3 is 6.09 Å². The van der Waals surface area contributed by atoms with E-state index in [1.807, 2.05) is 32.6 Å². The molecule has 1 saturated heterocycles. The average Bonchev–Trinajstić information content (AvgIpc) is 2.43. The minimum atomic E-state index is -0.445. The number of carbonyl (C=O) groups excluding carboxylic acids is 1. The Kier molecular flexibility index (Phi) is 10.3. The Hall–Kier alpha value is -0.990.